The molecule has 0 bridgehead atoms. The third-order valence-electron chi connectivity index (χ3n) is 4.68. The zero-order chi connectivity index (χ0) is 20.6. The van der Waals surface area contributed by atoms with Gasteiger partial charge in [-0.3, -0.25) is 14.5 Å². The summed E-state index contributed by atoms with van der Waals surface area (Å²) in [7, 11) is 0. The van der Waals surface area contributed by atoms with E-state index < -0.39 is 0 Å². The number of anilines is 2. The molecule has 0 spiro atoms. The van der Waals surface area contributed by atoms with Crippen molar-refractivity contribution in [2.24, 2.45) is 0 Å². The topological polar surface area (TPSA) is 79.9 Å². The standard InChI is InChI=1S/C22H27N3O4/c1-3-16-7-5-6-8-18(16)24-22(27)15-25(4-2)14-21(26)23-17-9-10-19-20(13-17)29-12-11-28-19/h5-10,13H,3-4,11-12,14-15H2,1-2H3,(H,23,26)(H,24,27). The molecular weight excluding hydrogens is 370 g/mol. The molecule has 7 heteroatoms. The van der Waals surface area contributed by atoms with Crippen molar-refractivity contribution in [3.05, 3.63) is 48.0 Å². The zero-order valence-electron chi connectivity index (χ0n) is 16.9. The van der Waals surface area contributed by atoms with Gasteiger partial charge in [-0.2, -0.15) is 0 Å². The van der Waals surface area contributed by atoms with Gasteiger partial charge in [0.25, 0.3) is 0 Å². The first-order valence-electron chi connectivity index (χ1n) is 9.88. The quantitative estimate of drug-likeness (QED) is 0.716. The molecule has 0 saturated heterocycles. The molecule has 1 aliphatic heterocycles. The maximum Gasteiger partial charge on any atom is 0.238 e. The third-order valence-corrected chi connectivity index (χ3v) is 4.68. The summed E-state index contributed by atoms with van der Waals surface area (Å²) in [5.41, 5.74) is 2.54. The highest BCUT2D eigenvalue weighted by atomic mass is 16.6. The van der Waals surface area contributed by atoms with Crippen molar-refractivity contribution in [2.75, 3.05) is 43.5 Å². The maximum atomic E-state index is 12.4. The van der Waals surface area contributed by atoms with E-state index in [1.54, 1.807) is 23.1 Å². The molecule has 3 rings (SSSR count). The van der Waals surface area contributed by atoms with Crippen molar-refractivity contribution in [1.82, 2.24) is 4.90 Å². The monoisotopic (exact) mass is 397 g/mol. The number of nitrogens with one attached hydrogen (secondary N) is 2. The molecule has 154 valence electrons. The number of carbonyl (C=O) groups is 2. The number of para-hydroxylation sites is 1. The van der Waals surface area contributed by atoms with E-state index in [0.29, 0.717) is 36.9 Å². The predicted octanol–water partition coefficient (Wildman–Crippen LogP) is 2.92. The van der Waals surface area contributed by atoms with Crippen LogP contribution < -0.4 is 20.1 Å². The molecule has 0 unspecified atom stereocenters. The predicted molar refractivity (Wildman–Crippen MR) is 113 cm³/mol. The van der Waals surface area contributed by atoms with Gasteiger partial charge in [0.1, 0.15) is 13.2 Å². The van der Waals surface area contributed by atoms with Gasteiger partial charge in [0.2, 0.25) is 11.8 Å². The second kappa shape index (κ2) is 9.93. The number of carbonyl (C=O) groups excluding carboxylic acids is 2. The van der Waals surface area contributed by atoms with E-state index in [9.17, 15) is 9.59 Å². The molecule has 0 atom stereocenters. The number of hydrogen-bond acceptors (Lipinski definition) is 5. The number of likely N-dealkylation sites (N-methyl/N-ethyl adjacent to an activating group) is 1. The number of aryl methyl sites for hydroxylation is 1. The van der Waals surface area contributed by atoms with E-state index in [1.807, 2.05) is 38.1 Å². The van der Waals surface area contributed by atoms with Crippen LogP contribution in [0.2, 0.25) is 0 Å². The number of ether oxygens (including phenoxy) is 2. The first kappa shape index (κ1) is 20.7. The van der Waals surface area contributed by atoms with E-state index >= 15 is 0 Å². The van der Waals surface area contributed by atoms with Gasteiger partial charge in [-0.05, 0) is 36.7 Å². The van der Waals surface area contributed by atoms with E-state index in [-0.39, 0.29) is 24.9 Å². The van der Waals surface area contributed by atoms with E-state index in [4.69, 9.17) is 9.47 Å². The highest BCUT2D eigenvalue weighted by Gasteiger charge is 2.16. The van der Waals surface area contributed by atoms with Crippen molar-refractivity contribution in [2.45, 2.75) is 20.3 Å². The molecule has 0 radical (unpaired) electrons. The lowest BCUT2D eigenvalue weighted by Gasteiger charge is -2.21. The molecule has 29 heavy (non-hydrogen) atoms. The van der Waals surface area contributed by atoms with E-state index in [1.165, 1.54) is 0 Å². The minimum Gasteiger partial charge on any atom is -0.486 e. The summed E-state index contributed by atoms with van der Waals surface area (Å²) in [5.74, 6) is 0.967. The lowest BCUT2D eigenvalue weighted by atomic mass is 10.1. The molecule has 2 amide bonds. The first-order chi connectivity index (χ1) is 14.1. The van der Waals surface area contributed by atoms with E-state index in [2.05, 4.69) is 10.6 Å². The van der Waals surface area contributed by atoms with Crippen LogP contribution in [0.15, 0.2) is 42.5 Å². The highest BCUT2D eigenvalue weighted by Crippen LogP contribution is 2.32. The van der Waals surface area contributed by atoms with Crippen LogP contribution in [0.25, 0.3) is 0 Å². The lowest BCUT2D eigenvalue weighted by Crippen LogP contribution is -2.38. The molecule has 0 aromatic heterocycles. The van der Waals surface area contributed by atoms with Crippen LogP contribution in [-0.4, -0.2) is 49.6 Å². The Kier molecular flexibility index (Phi) is 7.08. The summed E-state index contributed by atoms with van der Waals surface area (Å²) in [6, 6.07) is 13.0. The van der Waals surface area contributed by atoms with Gasteiger partial charge in [-0.1, -0.05) is 32.0 Å². The Labute approximate surface area is 171 Å². The molecule has 0 fully saturated rings. The zero-order valence-corrected chi connectivity index (χ0v) is 16.9. The van der Waals surface area contributed by atoms with Gasteiger partial charge >= 0.3 is 0 Å². The number of hydrogen-bond donors (Lipinski definition) is 2. The van der Waals surface area contributed by atoms with Crippen molar-refractivity contribution >= 4 is 23.2 Å². The van der Waals surface area contributed by atoms with Gasteiger partial charge in [0.05, 0.1) is 13.1 Å². The van der Waals surface area contributed by atoms with Gasteiger partial charge in [0, 0.05) is 17.4 Å². The fraction of sp³-hybridized carbons (Fsp3) is 0.364. The molecule has 2 N–H and O–H groups in total. The Bertz CT molecular complexity index is 869. The van der Waals surface area contributed by atoms with Gasteiger partial charge in [-0.25, -0.2) is 0 Å². The van der Waals surface area contributed by atoms with Crippen molar-refractivity contribution < 1.29 is 19.1 Å². The molecule has 7 nitrogen and oxygen atoms in total. The fourth-order valence-electron chi connectivity index (χ4n) is 3.15. The SMILES string of the molecule is CCc1ccccc1NC(=O)CN(CC)CC(=O)Nc1ccc2c(c1)OCCO2. The average Bonchev–Trinajstić information content (AvgIpc) is 2.73. The largest absolute Gasteiger partial charge is 0.486 e. The Balaban J connectivity index is 1.53. The summed E-state index contributed by atoms with van der Waals surface area (Å²) in [6.07, 6.45) is 0.839. The Morgan fingerprint density at radius 2 is 1.62 bits per heavy atom. The summed E-state index contributed by atoms with van der Waals surface area (Å²) >= 11 is 0. The van der Waals surface area contributed by atoms with Crippen LogP contribution in [0.5, 0.6) is 11.5 Å². The number of rotatable bonds is 8. The number of amides is 2. The lowest BCUT2D eigenvalue weighted by molar-refractivity contribution is -0.119. The number of nitrogens with zero attached hydrogens (tertiary/aromatic N) is 1. The molecule has 0 saturated carbocycles. The molecule has 2 aromatic rings. The van der Waals surface area contributed by atoms with Gasteiger partial charge in [-0.15, -0.1) is 0 Å². The van der Waals surface area contributed by atoms with Crippen LogP contribution in [0.1, 0.15) is 19.4 Å². The summed E-state index contributed by atoms with van der Waals surface area (Å²) in [4.78, 5) is 26.7. The second-order valence-corrected chi connectivity index (χ2v) is 6.77. The first-order valence-corrected chi connectivity index (χ1v) is 9.88. The Morgan fingerprint density at radius 1 is 0.931 bits per heavy atom. The summed E-state index contributed by atoms with van der Waals surface area (Å²) < 4.78 is 11.0. The minimum atomic E-state index is -0.190. The van der Waals surface area contributed by atoms with Crippen LogP contribution in [0.4, 0.5) is 11.4 Å². The molecular formula is C22H27N3O4. The average molecular weight is 397 g/mol. The number of benzene rings is 2. The minimum absolute atomic E-state index is 0.119. The van der Waals surface area contributed by atoms with Crippen LogP contribution in [-0.2, 0) is 16.0 Å². The van der Waals surface area contributed by atoms with Gasteiger partial charge < -0.3 is 20.1 Å². The number of fused-ring (bicyclic) bond motifs is 1. The van der Waals surface area contributed by atoms with Crippen LogP contribution in [0, 0.1) is 0 Å². The molecule has 1 heterocycles. The normalized spacial score (nSPS) is 12.5. The highest BCUT2D eigenvalue weighted by molar-refractivity contribution is 5.95. The van der Waals surface area contributed by atoms with Crippen molar-refractivity contribution in [1.29, 1.82) is 0 Å². The fourth-order valence-corrected chi connectivity index (χ4v) is 3.15. The smallest absolute Gasteiger partial charge is 0.238 e. The summed E-state index contributed by atoms with van der Waals surface area (Å²) in [6.45, 7) is 5.82. The Hall–Kier alpha value is -3.06. The molecule has 2 aromatic carbocycles. The maximum absolute atomic E-state index is 12.4. The Morgan fingerprint density at radius 3 is 2.34 bits per heavy atom. The van der Waals surface area contributed by atoms with Crippen LogP contribution in [0.3, 0.4) is 0 Å². The van der Waals surface area contributed by atoms with Crippen molar-refractivity contribution in [3.63, 3.8) is 0 Å². The van der Waals surface area contributed by atoms with Gasteiger partial charge in [0.15, 0.2) is 11.5 Å². The van der Waals surface area contributed by atoms with E-state index in [0.717, 1.165) is 17.7 Å². The van der Waals surface area contributed by atoms with Crippen molar-refractivity contribution in [3.8, 4) is 11.5 Å². The third kappa shape index (κ3) is 5.71. The summed E-state index contributed by atoms with van der Waals surface area (Å²) in [5, 5.41) is 5.79. The molecule has 0 aliphatic carbocycles. The van der Waals surface area contributed by atoms with Crippen LogP contribution >= 0.6 is 0 Å². The molecule has 1 aliphatic rings. The second-order valence-electron chi connectivity index (χ2n) is 6.77.